The zero-order valence-electron chi connectivity index (χ0n) is 28.5. The normalized spacial score (nSPS) is 12.1. The van der Waals surface area contributed by atoms with Crippen molar-refractivity contribution < 1.29 is 48.6 Å². The summed E-state index contributed by atoms with van der Waals surface area (Å²) in [6.45, 7) is 4.36. The van der Waals surface area contributed by atoms with Gasteiger partial charge in [0.25, 0.3) is 10.0 Å². The summed E-state index contributed by atoms with van der Waals surface area (Å²) >= 11 is 0. The topological polar surface area (TPSA) is 201 Å². The van der Waals surface area contributed by atoms with Crippen molar-refractivity contribution in [2.45, 2.75) is 25.7 Å². The molecule has 5 rings (SSSR count). The Balaban J connectivity index is 1.96. The van der Waals surface area contributed by atoms with E-state index in [9.17, 15) is 39.1 Å². The Labute approximate surface area is 294 Å². The van der Waals surface area contributed by atoms with Gasteiger partial charge < -0.3 is 14.6 Å². The van der Waals surface area contributed by atoms with Gasteiger partial charge in [-0.25, -0.2) is 27.5 Å². The molecule has 5 aromatic rings. The molecule has 16 heteroatoms. The monoisotopic (exact) mass is 721 g/mol. The second-order valence-corrected chi connectivity index (χ2v) is 13.2. The Morgan fingerprint density at radius 1 is 0.804 bits per heavy atom. The van der Waals surface area contributed by atoms with Crippen molar-refractivity contribution in [2.24, 2.45) is 0 Å². The molecule has 0 aliphatic heterocycles. The smallest absolute Gasteiger partial charge is 0.341 e. The molecule has 6 N–H and O–H groups in total. The number of methoxy groups -OCH3 is 2. The van der Waals surface area contributed by atoms with Crippen molar-refractivity contribution in [3.8, 4) is 51.2 Å². The van der Waals surface area contributed by atoms with E-state index in [0.717, 1.165) is 10.1 Å². The van der Waals surface area contributed by atoms with E-state index in [0.29, 0.717) is 0 Å². The Kier molecular flexibility index (Phi) is 10.2. The van der Waals surface area contributed by atoms with E-state index in [1.165, 1.54) is 76.6 Å². The summed E-state index contributed by atoms with van der Waals surface area (Å²) in [5.74, 6) is -0.722. The molecule has 0 radical (unpaired) electrons. The number of sulfonamides is 1. The molecule has 1 amide bonds. The van der Waals surface area contributed by atoms with Gasteiger partial charge in [0.2, 0.25) is 17.1 Å². The van der Waals surface area contributed by atoms with Crippen molar-refractivity contribution in [1.82, 2.24) is 23.9 Å². The molecule has 0 aliphatic carbocycles. The fourth-order valence-electron chi connectivity index (χ4n) is 5.52. The molecule has 1 aromatic heterocycles. The minimum Gasteiger partial charge on any atom is -0.502 e. The fraction of sp³-hybridized carbons (Fsp3) is 0.200. The maximum absolute atomic E-state index is 14.6. The van der Waals surface area contributed by atoms with Crippen LogP contribution in [0.15, 0.2) is 89.8 Å². The van der Waals surface area contributed by atoms with E-state index in [4.69, 9.17) is 14.5 Å². The minimum atomic E-state index is -4.51. The van der Waals surface area contributed by atoms with Crippen molar-refractivity contribution in [3.05, 3.63) is 90.5 Å². The number of rotatable bonds is 11. The Morgan fingerprint density at radius 2 is 1.29 bits per heavy atom. The number of hydroxylamine groups is 4. The zero-order valence-corrected chi connectivity index (χ0v) is 29.3. The van der Waals surface area contributed by atoms with Crippen LogP contribution in [0.3, 0.4) is 0 Å². The molecule has 0 atom stereocenters. The molecule has 51 heavy (non-hydrogen) atoms. The third-order valence-electron chi connectivity index (χ3n) is 8.34. The van der Waals surface area contributed by atoms with Gasteiger partial charge in [0.05, 0.1) is 35.9 Å². The maximum Gasteiger partial charge on any atom is 0.341 e. The number of phenols is 1. The van der Waals surface area contributed by atoms with Crippen LogP contribution >= 0.6 is 0 Å². The summed E-state index contributed by atoms with van der Waals surface area (Å²) in [6, 6.07) is 19.4. The largest absolute Gasteiger partial charge is 0.502 e. The summed E-state index contributed by atoms with van der Waals surface area (Å²) in [7, 11) is -1.92. The zero-order chi connectivity index (χ0) is 37.3. The first-order chi connectivity index (χ1) is 24.1. The summed E-state index contributed by atoms with van der Waals surface area (Å²) in [6.07, 6.45) is 0. The first-order valence-corrected chi connectivity index (χ1v) is 17.2. The van der Waals surface area contributed by atoms with Gasteiger partial charge in [-0.3, -0.25) is 0 Å². The van der Waals surface area contributed by atoms with E-state index < -0.39 is 25.7 Å². The molecule has 0 spiro atoms. The van der Waals surface area contributed by atoms with Crippen LogP contribution in [-0.4, -0.2) is 77.2 Å². The van der Waals surface area contributed by atoms with Gasteiger partial charge in [-0.15, -0.1) is 0 Å². The predicted molar refractivity (Wildman–Crippen MR) is 187 cm³/mol. The summed E-state index contributed by atoms with van der Waals surface area (Å²) in [5.41, 5.74) is 0.613. The second-order valence-electron chi connectivity index (χ2n) is 11.5. The molecule has 15 nitrogen and oxygen atoms in total. The molecule has 268 valence electrons. The first kappa shape index (κ1) is 36.9. The number of ether oxygens (including phenoxy) is 2. The molecular formula is C35H39N5O10S+2. The van der Waals surface area contributed by atoms with Crippen LogP contribution in [0, 0.1) is 6.92 Å². The molecular weight excluding hydrogens is 682 g/mol. The third kappa shape index (κ3) is 7.02. The van der Waals surface area contributed by atoms with Crippen LogP contribution in [0.2, 0.25) is 0 Å². The number of carbonyl (C=O) groups excluding carboxylic acids is 1. The highest BCUT2D eigenvalue weighted by molar-refractivity contribution is 7.90. The number of aryl methyl sites for hydroxylation is 1. The third-order valence-corrected chi connectivity index (χ3v) is 9.68. The van der Waals surface area contributed by atoms with Gasteiger partial charge in [-0.2, -0.15) is 20.8 Å². The lowest BCUT2D eigenvalue weighted by atomic mass is 10.0. The number of aromatic nitrogens is 2. The van der Waals surface area contributed by atoms with Crippen molar-refractivity contribution >= 4 is 27.4 Å². The van der Waals surface area contributed by atoms with E-state index in [2.05, 4.69) is 4.72 Å². The van der Waals surface area contributed by atoms with Crippen LogP contribution in [0.4, 0.5) is 16.2 Å². The van der Waals surface area contributed by atoms with Crippen LogP contribution in [0.5, 0.6) is 17.2 Å². The Bertz CT molecular complexity index is 2170. The molecule has 0 bridgehead atoms. The summed E-state index contributed by atoms with van der Waals surface area (Å²) in [5, 5.41) is 55.0. The number of para-hydroxylation sites is 2. The number of phenolic OH excluding ortho intramolecular Hbond substituents is 1. The number of carbonyl (C=O) groups is 1. The SMILES string of the molecule is CC[N+](O)(O)c1ccccc1-c1nc(-c2cc(OC)c(O)c(OC)c2)n(C(=O)NS(=O)(=O)c2ccc(C)cc2)c1-c1ccccc1[N+](O)(O)CC. The van der Waals surface area contributed by atoms with Crippen LogP contribution in [0.1, 0.15) is 19.4 Å². The van der Waals surface area contributed by atoms with Gasteiger partial charge in [0.1, 0.15) is 24.6 Å². The number of amides is 1. The number of quaternary nitrogens is 2. The molecule has 0 saturated heterocycles. The highest BCUT2D eigenvalue weighted by atomic mass is 32.2. The van der Waals surface area contributed by atoms with Gasteiger partial charge in [-0.1, -0.05) is 42.0 Å². The van der Waals surface area contributed by atoms with E-state index in [1.54, 1.807) is 43.3 Å². The highest BCUT2D eigenvalue weighted by Crippen LogP contribution is 2.46. The lowest BCUT2D eigenvalue weighted by molar-refractivity contribution is -0.288. The van der Waals surface area contributed by atoms with E-state index in [1.807, 2.05) is 0 Å². The fourth-order valence-corrected chi connectivity index (χ4v) is 6.45. The van der Waals surface area contributed by atoms with E-state index >= 15 is 0 Å². The van der Waals surface area contributed by atoms with Crippen molar-refractivity contribution in [3.63, 3.8) is 0 Å². The van der Waals surface area contributed by atoms with Gasteiger partial charge in [-0.05, 0) is 66.8 Å². The number of imidazole rings is 1. The Hall–Kier alpha value is -5.33. The summed E-state index contributed by atoms with van der Waals surface area (Å²) < 4.78 is 41.0. The van der Waals surface area contributed by atoms with Crippen LogP contribution < -0.4 is 23.8 Å². The number of aromatic hydroxyl groups is 1. The lowest BCUT2D eigenvalue weighted by Gasteiger charge is -2.23. The van der Waals surface area contributed by atoms with Gasteiger partial charge in [0, 0.05) is 17.7 Å². The molecule has 0 aliphatic rings. The predicted octanol–water partition coefficient (Wildman–Crippen LogP) is 6.07. The average molecular weight is 722 g/mol. The van der Waals surface area contributed by atoms with Crippen molar-refractivity contribution in [2.75, 3.05) is 27.3 Å². The summed E-state index contributed by atoms with van der Waals surface area (Å²) in [4.78, 5) is 15.9. The first-order valence-electron chi connectivity index (χ1n) is 15.7. The minimum absolute atomic E-state index is 0.0268. The number of hydrogen-bond acceptors (Lipinski definition) is 11. The second kappa shape index (κ2) is 14.1. The lowest BCUT2D eigenvalue weighted by Crippen LogP contribution is -2.42. The van der Waals surface area contributed by atoms with E-state index in [-0.39, 0.29) is 80.5 Å². The number of nitrogens with zero attached hydrogens (tertiary/aromatic N) is 4. The van der Waals surface area contributed by atoms with Crippen LogP contribution in [-0.2, 0) is 10.0 Å². The number of benzene rings is 4. The van der Waals surface area contributed by atoms with Gasteiger partial charge >= 0.3 is 6.03 Å². The van der Waals surface area contributed by atoms with Crippen LogP contribution in [0.25, 0.3) is 33.9 Å². The molecule has 0 fully saturated rings. The molecule has 0 unspecified atom stereocenters. The maximum atomic E-state index is 14.6. The number of hydrogen-bond donors (Lipinski definition) is 6. The quantitative estimate of drug-likeness (QED) is 0.0683. The highest BCUT2D eigenvalue weighted by Gasteiger charge is 2.38. The molecule has 0 saturated carbocycles. The van der Waals surface area contributed by atoms with Crippen molar-refractivity contribution in [1.29, 1.82) is 0 Å². The molecule has 4 aromatic carbocycles. The number of nitrogens with one attached hydrogen (secondary N) is 1. The Morgan fingerprint density at radius 3 is 1.80 bits per heavy atom. The van der Waals surface area contributed by atoms with Gasteiger partial charge in [0.15, 0.2) is 11.5 Å². The molecule has 1 heterocycles. The average Bonchev–Trinajstić information content (AvgIpc) is 3.52. The standard InChI is InChI=1S/C35H37N5O10S/c1-6-39(43,44)27-14-10-8-12-25(27)31-32(26-13-9-11-15-28(26)40(45,46)7-2)38(35(42)37-51(47,48)24-18-16-22(3)17-19-24)34(36-31)23-20-29(49-4)33(41)30(21-23)50-5/h8-21,43-46H,6-7H2,1-5H3/p+2.